The molecule has 1 aliphatic rings. The van der Waals surface area contributed by atoms with E-state index in [1.165, 1.54) is 0 Å². The van der Waals surface area contributed by atoms with Crippen LogP contribution in [0.1, 0.15) is 70.9 Å². The van der Waals surface area contributed by atoms with Crippen LogP contribution in [-0.4, -0.2) is 41.3 Å². The third kappa shape index (κ3) is 5.84. The Hall–Kier alpha value is -3.35. The molecule has 0 radical (unpaired) electrons. The predicted octanol–water partition coefficient (Wildman–Crippen LogP) is 5.09. The fraction of sp³-hybridized carbons (Fsp3) is 0.464. The molecule has 0 aromatic heterocycles. The van der Waals surface area contributed by atoms with Crippen LogP contribution in [0.3, 0.4) is 0 Å². The van der Waals surface area contributed by atoms with Crippen molar-refractivity contribution in [3.8, 4) is 11.1 Å². The Morgan fingerprint density at radius 1 is 0.943 bits per heavy atom. The molecule has 188 valence electrons. The summed E-state index contributed by atoms with van der Waals surface area (Å²) in [5.41, 5.74) is 2.79. The summed E-state index contributed by atoms with van der Waals surface area (Å²) in [7, 11) is 0. The highest BCUT2D eigenvalue weighted by atomic mass is 16.5. The summed E-state index contributed by atoms with van der Waals surface area (Å²) in [5.74, 6) is -1.71. The lowest BCUT2D eigenvalue weighted by Crippen LogP contribution is -2.59. The quantitative estimate of drug-likeness (QED) is 0.464. The Balaban J connectivity index is 1.73. The molecule has 2 amide bonds. The number of hydrogen-bond acceptors (Lipinski definition) is 4. The van der Waals surface area contributed by atoms with Crippen LogP contribution in [0, 0.1) is 5.41 Å². The van der Waals surface area contributed by atoms with Crippen LogP contribution in [0.5, 0.6) is 0 Å². The zero-order valence-electron chi connectivity index (χ0n) is 21.2. The van der Waals surface area contributed by atoms with Gasteiger partial charge in [0.2, 0.25) is 5.91 Å². The van der Waals surface area contributed by atoms with Crippen LogP contribution in [0.2, 0.25) is 0 Å². The first-order chi connectivity index (χ1) is 16.5. The van der Waals surface area contributed by atoms with Crippen molar-refractivity contribution in [2.24, 2.45) is 5.41 Å². The Morgan fingerprint density at radius 3 is 1.91 bits per heavy atom. The van der Waals surface area contributed by atoms with Crippen molar-refractivity contribution in [3.63, 3.8) is 0 Å². The summed E-state index contributed by atoms with van der Waals surface area (Å²) in [6.45, 7) is 9.43. The molecular weight excluding hydrogens is 444 g/mol. The van der Waals surface area contributed by atoms with Crippen LogP contribution in [0.25, 0.3) is 11.1 Å². The van der Waals surface area contributed by atoms with E-state index in [1.807, 2.05) is 57.2 Å². The minimum absolute atomic E-state index is 0.0946. The lowest BCUT2D eigenvalue weighted by molar-refractivity contribution is -0.148. The van der Waals surface area contributed by atoms with E-state index in [1.54, 1.807) is 13.8 Å². The molecule has 1 aliphatic carbocycles. The Labute approximate surface area is 207 Å². The summed E-state index contributed by atoms with van der Waals surface area (Å²) < 4.78 is 5.62. The number of fused-ring (bicyclic) bond motifs is 3. The summed E-state index contributed by atoms with van der Waals surface area (Å²) in [4.78, 5) is 37.8. The van der Waals surface area contributed by atoms with E-state index in [0.29, 0.717) is 6.42 Å². The fourth-order valence-electron chi connectivity index (χ4n) is 4.71. The molecule has 7 nitrogen and oxygen atoms in total. The molecule has 2 aromatic carbocycles. The molecule has 0 heterocycles. The van der Waals surface area contributed by atoms with Crippen molar-refractivity contribution in [1.82, 2.24) is 10.6 Å². The SMILES string of the molecule is CCC(CC)(NC(=O)C(CC(C)(C)C)NC(=O)OCC1c2ccccc2-c2ccccc21)C(=O)O. The van der Waals surface area contributed by atoms with Crippen molar-refractivity contribution in [1.29, 1.82) is 0 Å². The van der Waals surface area contributed by atoms with Gasteiger partial charge in [0.15, 0.2) is 0 Å². The topological polar surface area (TPSA) is 105 Å². The average molecular weight is 481 g/mol. The van der Waals surface area contributed by atoms with Gasteiger partial charge < -0.3 is 20.5 Å². The van der Waals surface area contributed by atoms with Gasteiger partial charge in [0.1, 0.15) is 18.2 Å². The third-order valence-corrected chi connectivity index (χ3v) is 6.75. The lowest BCUT2D eigenvalue weighted by atomic mass is 9.86. The van der Waals surface area contributed by atoms with Crippen molar-refractivity contribution >= 4 is 18.0 Å². The molecule has 1 unspecified atom stereocenters. The minimum Gasteiger partial charge on any atom is -0.480 e. The molecule has 3 rings (SSSR count). The summed E-state index contributed by atoms with van der Waals surface area (Å²) >= 11 is 0. The molecular formula is C28H36N2O5. The summed E-state index contributed by atoms with van der Waals surface area (Å²) in [5, 5.41) is 15.1. The average Bonchev–Trinajstić information content (AvgIpc) is 3.13. The number of hydrogen-bond donors (Lipinski definition) is 3. The Bertz CT molecular complexity index is 1040. The molecule has 0 saturated heterocycles. The molecule has 7 heteroatoms. The first kappa shape index (κ1) is 26.3. The zero-order valence-corrected chi connectivity index (χ0v) is 21.2. The number of carbonyl (C=O) groups is 3. The number of rotatable bonds is 9. The number of benzene rings is 2. The van der Waals surface area contributed by atoms with E-state index in [2.05, 4.69) is 22.8 Å². The Kier molecular flexibility index (Phi) is 7.88. The number of carboxylic acid groups (broad SMARTS) is 1. The molecule has 0 spiro atoms. The minimum atomic E-state index is -1.38. The van der Waals surface area contributed by atoms with E-state index in [-0.39, 0.29) is 30.8 Å². The van der Waals surface area contributed by atoms with Crippen LogP contribution < -0.4 is 10.6 Å². The number of carboxylic acids is 1. The maximum absolute atomic E-state index is 13.1. The van der Waals surface area contributed by atoms with Gasteiger partial charge in [-0.3, -0.25) is 4.79 Å². The standard InChI is InChI=1S/C28H36N2O5/c1-6-28(7-2,25(32)33)30-24(31)23(16-27(3,4)5)29-26(34)35-17-22-20-14-10-8-12-18(20)19-13-9-11-15-21(19)22/h8-15,22-23H,6-7,16-17H2,1-5H3,(H,29,34)(H,30,31)(H,32,33). The number of ether oxygens (including phenoxy) is 1. The number of carbonyl (C=O) groups excluding carboxylic acids is 2. The van der Waals surface area contributed by atoms with Gasteiger partial charge in [-0.2, -0.15) is 0 Å². The molecule has 0 aliphatic heterocycles. The monoisotopic (exact) mass is 480 g/mol. The van der Waals surface area contributed by atoms with E-state index >= 15 is 0 Å². The van der Waals surface area contributed by atoms with Gasteiger partial charge >= 0.3 is 12.1 Å². The van der Waals surface area contributed by atoms with E-state index in [9.17, 15) is 19.5 Å². The van der Waals surface area contributed by atoms with E-state index < -0.39 is 29.6 Å². The van der Waals surface area contributed by atoms with Gasteiger partial charge in [0.25, 0.3) is 0 Å². The summed E-state index contributed by atoms with van der Waals surface area (Å²) in [6, 6.07) is 15.2. The summed E-state index contributed by atoms with van der Waals surface area (Å²) in [6.07, 6.45) is 0.0898. The molecule has 0 saturated carbocycles. The Morgan fingerprint density at radius 2 is 1.46 bits per heavy atom. The van der Waals surface area contributed by atoms with Gasteiger partial charge in [-0.15, -0.1) is 0 Å². The number of aliphatic carboxylic acids is 1. The zero-order chi connectivity index (χ0) is 25.8. The fourth-order valence-corrected chi connectivity index (χ4v) is 4.71. The second-order valence-electron chi connectivity index (χ2n) is 10.4. The predicted molar refractivity (Wildman–Crippen MR) is 135 cm³/mol. The van der Waals surface area contributed by atoms with Crippen molar-refractivity contribution in [2.75, 3.05) is 6.61 Å². The first-order valence-corrected chi connectivity index (χ1v) is 12.2. The van der Waals surface area contributed by atoms with Crippen LogP contribution in [0.15, 0.2) is 48.5 Å². The van der Waals surface area contributed by atoms with Crippen LogP contribution in [0.4, 0.5) is 4.79 Å². The smallest absolute Gasteiger partial charge is 0.407 e. The second-order valence-corrected chi connectivity index (χ2v) is 10.4. The molecule has 2 aromatic rings. The normalized spacial score (nSPS) is 14.0. The van der Waals surface area contributed by atoms with Crippen molar-refractivity contribution in [3.05, 3.63) is 59.7 Å². The molecule has 1 atom stereocenters. The third-order valence-electron chi connectivity index (χ3n) is 6.75. The van der Waals surface area contributed by atoms with Gasteiger partial charge in [0.05, 0.1) is 0 Å². The number of nitrogens with one attached hydrogen (secondary N) is 2. The number of alkyl carbamates (subject to hydrolysis) is 1. The van der Waals surface area contributed by atoms with E-state index in [0.717, 1.165) is 22.3 Å². The van der Waals surface area contributed by atoms with Crippen LogP contribution >= 0.6 is 0 Å². The van der Waals surface area contributed by atoms with E-state index in [4.69, 9.17) is 4.74 Å². The highest BCUT2D eigenvalue weighted by Gasteiger charge is 2.39. The molecule has 3 N–H and O–H groups in total. The largest absolute Gasteiger partial charge is 0.480 e. The molecule has 35 heavy (non-hydrogen) atoms. The highest BCUT2D eigenvalue weighted by Crippen LogP contribution is 2.44. The molecule has 0 fully saturated rings. The van der Waals surface area contributed by atoms with Crippen LogP contribution in [-0.2, 0) is 14.3 Å². The van der Waals surface area contributed by atoms with Gasteiger partial charge in [0, 0.05) is 5.92 Å². The van der Waals surface area contributed by atoms with Gasteiger partial charge in [-0.1, -0.05) is 83.1 Å². The van der Waals surface area contributed by atoms with Crippen molar-refractivity contribution in [2.45, 2.75) is 71.4 Å². The van der Waals surface area contributed by atoms with Gasteiger partial charge in [-0.25, -0.2) is 9.59 Å². The van der Waals surface area contributed by atoms with Crippen molar-refractivity contribution < 1.29 is 24.2 Å². The maximum atomic E-state index is 13.1. The second kappa shape index (κ2) is 10.5. The van der Waals surface area contributed by atoms with Gasteiger partial charge in [-0.05, 0) is 46.9 Å². The molecule has 0 bridgehead atoms. The highest BCUT2D eigenvalue weighted by molar-refractivity contribution is 5.91. The first-order valence-electron chi connectivity index (χ1n) is 12.2. The maximum Gasteiger partial charge on any atom is 0.407 e. The number of amides is 2. The lowest BCUT2D eigenvalue weighted by Gasteiger charge is -2.32.